The lowest BCUT2D eigenvalue weighted by molar-refractivity contribution is 0.0755. The summed E-state index contributed by atoms with van der Waals surface area (Å²) >= 11 is 6.05. The van der Waals surface area contributed by atoms with Gasteiger partial charge in [0, 0.05) is 23.7 Å². The number of carbonyl (C=O) groups excluding carboxylic acids is 2. The predicted molar refractivity (Wildman–Crippen MR) is 136 cm³/mol. The van der Waals surface area contributed by atoms with E-state index in [0.717, 1.165) is 18.4 Å². The van der Waals surface area contributed by atoms with Crippen LogP contribution in [0.15, 0.2) is 76.5 Å². The maximum Gasteiger partial charge on any atom is 0.259 e. The first kappa shape index (κ1) is 24.2. The molecule has 0 aromatic heterocycles. The van der Waals surface area contributed by atoms with Crippen molar-refractivity contribution in [3.8, 4) is 0 Å². The normalized spacial score (nSPS) is 14.9. The number of benzene rings is 3. The fourth-order valence-corrected chi connectivity index (χ4v) is 5.63. The van der Waals surface area contributed by atoms with Gasteiger partial charge in [-0.2, -0.15) is 0 Å². The molecule has 0 fully saturated rings. The van der Waals surface area contributed by atoms with Crippen molar-refractivity contribution in [2.45, 2.75) is 43.0 Å². The number of amides is 2. The van der Waals surface area contributed by atoms with E-state index in [1.54, 1.807) is 59.5 Å². The predicted octanol–water partition coefficient (Wildman–Crippen LogP) is 5.93. The van der Waals surface area contributed by atoms with E-state index in [9.17, 15) is 13.8 Å². The van der Waals surface area contributed by atoms with Gasteiger partial charge in [0.1, 0.15) is 0 Å². The van der Waals surface area contributed by atoms with E-state index in [-0.39, 0.29) is 18.4 Å². The lowest BCUT2D eigenvalue weighted by atomic mass is 10.1. The molecule has 0 unspecified atom stereocenters. The van der Waals surface area contributed by atoms with Crippen molar-refractivity contribution in [2.75, 3.05) is 18.0 Å². The Kier molecular flexibility index (Phi) is 7.49. The van der Waals surface area contributed by atoms with E-state index in [0.29, 0.717) is 44.7 Å². The van der Waals surface area contributed by atoms with Crippen LogP contribution in [-0.2, 0) is 17.3 Å². The monoisotopic (exact) mass is 494 g/mol. The summed E-state index contributed by atoms with van der Waals surface area (Å²) < 4.78 is 13.6. The van der Waals surface area contributed by atoms with Gasteiger partial charge in [0.2, 0.25) is 0 Å². The molecule has 1 aliphatic rings. The van der Waals surface area contributed by atoms with Crippen molar-refractivity contribution in [3.63, 3.8) is 0 Å². The van der Waals surface area contributed by atoms with Gasteiger partial charge in [0.15, 0.2) is 0 Å². The van der Waals surface area contributed by atoms with Crippen LogP contribution in [0, 0.1) is 0 Å². The quantitative estimate of drug-likeness (QED) is 0.409. The zero-order valence-electron chi connectivity index (χ0n) is 19.3. The zero-order chi connectivity index (χ0) is 24.2. The molecule has 3 aromatic rings. The number of hydrogen-bond donors (Lipinski definition) is 0. The molecule has 0 saturated heterocycles. The maximum atomic E-state index is 13.7. The van der Waals surface area contributed by atoms with Crippen LogP contribution in [0.4, 0.5) is 5.69 Å². The maximum absolute atomic E-state index is 13.7. The Morgan fingerprint density at radius 2 is 1.62 bits per heavy atom. The van der Waals surface area contributed by atoms with Gasteiger partial charge in [0.25, 0.3) is 11.8 Å². The molecule has 1 atom stereocenters. The molecule has 0 aliphatic carbocycles. The number of hydrogen-bond acceptors (Lipinski definition) is 3. The van der Waals surface area contributed by atoms with Crippen LogP contribution in [0.5, 0.6) is 0 Å². The summed E-state index contributed by atoms with van der Waals surface area (Å²) in [5, 5.41) is 0.609. The van der Waals surface area contributed by atoms with Crippen molar-refractivity contribution in [1.82, 2.24) is 4.90 Å². The van der Waals surface area contributed by atoms with Crippen LogP contribution < -0.4 is 4.90 Å². The number of fused-ring (bicyclic) bond motifs is 2. The highest BCUT2D eigenvalue weighted by molar-refractivity contribution is 7.85. The van der Waals surface area contributed by atoms with Crippen molar-refractivity contribution < 1.29 is 13.8 Å². The SMILES string of the molecule is CCCN(CCC)C(=O)c1ccc2c(c1)N(Cc1ccc(Cl)cc1)C(=O)c1ccccc1[S@]2=O. The van der Waals surface area contributed by atoms with E-state index in [2.05, 4.69) is 0 Å². The molecular formula is C27H27ClN2O3S. The fourth-order valence-electron chi connectivity index (χ4n) is 4.16. The minimum absolute atomic E-state index is 0.0852. The topological polar surface area (TPSA) is 57.7 Å². The van der Waals surface area contributed by atoms with Crippen molar-refractivity contribution in [1.29, 1.82) is 0 Å². The number of nitrogens with zero attached hydrogens (tertiary/aromatic N) is 2. The van der Waals surface area contributed by atoms with E-state index >= 15 is 0 Å². The molecule has 7 heteroatoms. The third-order valence-electron chi connectivity index (χ3n) is 5.79. The molecule has 1 heterocycles. The summed E-state index contributed by atoms with van der Waals surface area (Å²) in [4.78, 5) is 31.5. The van der Waals surface area contributed by atoms with E-state index in [1.807, 2.05) is 30.9 Å². The minimum atomic E-state index is -1.56. The summed E-state index contributed by atoms with van der Waals surface area (Å²) in [6, 6.07) is 19.4. The van der Waals surface area contributed by atoms with Crippen molar-refractivity contribution >= 4 is 39.9 Å². The molecule has 176 valence electrons. The van der Waals surface area contributed by atoms with E-state index < -0.39 is 10.8 Å². The molecule has 0 saturated carbocycles. The highest BCUT2D eigenvalue weighted by Crippen LogP contribution is 2.36. The Hall–Kier alpha value is -2.96. The average molecular weight is 495 g/mol. The van der Waals surface area contributed by atoms with E-state index in [1.165, 1.54) is 0 Å². The van der Waals surface area contributed by atoms with Gasteiger partial charge in [-0.15, -0.1) is 0 Å². The van der Waals surface area contributed by atoms with Crippen LogP contribution in [0.25, 0.3) is 0 Å². The third-order valence-corrected chi connectivity index (χ3v) is 7.54. The van der Waals surface area contributed by atoms with Crippen LogP contribution >= 0.6 is 11.6 Å². The lowest BCUT2D eigenvalue weighted by Crippen LogP contribution is -2.33. The molecule has 0 bridgehead atoms. The lowest BCUT2D eigenvalue weighted by Gasteiger charge is -2.25. The fraction of sp³-hybridized carbons (Fsp3) is 0.259. The van der Waals surface area contributed by atoms with Gasteiger partial charge < -0.3 is 9.80 Å². The molecule has 34 heavy (non-hydrogen) atoms. The second-order valence-electron chi connectivity index (χ2n) is 8.26. The van der Waals surface area contributed by atoms with Gasteiger partial charge in [-0.05, 0) is 60.9 Å². The Balaban J connectivity index is 1.84. The third kappa shape index (κ3) is 4.79. The number of rotatable bonds is 7. The van der Waals surface area contributed by atoms with Crippen LogP contribution in [0.3, 0.4) is 0 Å². The molecule has 3 aromatic carbocycles. The van der Waals surface area contributed by atoms with Crippen LogP contribution in [-0.4, -0.2) is 34.0 Å². The summed E-state index contributed by atoms with van der Waals surface area (Å²) in [6.45, 7) is 5.67. The number of anilines is 1. The van der Waals surface area contributed by atoms with E-state index in [4.69, 9.17) is 11.6 Å². The minimum Gasteiger partial charge on any atom is -0.339 e. The van der Waals surface area contributed by atoms with Gasteiger partial charge in [-0.1, -0.05) is 49.7 Å². The smallest absolute Gasteiger partial charge is 0.259 e. The molecule has 5 nitrogen and oxygen atoms in total. The summed E-state index contributed by atoms with van der Waals surface area (Å²) in [5.74, 6) is -0.334. The van der Waals surface area contributed by atoms with Crippen LogP contribution in [0.1, 0.15) is 53.0 Å². The first-order chi connectivity index (χ1) is 16.4. The number of carbonyl (C=O) groups is 2. The second kappa shape index (κ2) is 10.5. The van der Waals surface area contributed by atoms with Gasteiger partial charge in [0.05, 0.1) is 38.4 Å². The van der Waals surface area contributed by atoms with Gasteiger partial charge >= 0.3 is 0 Å². The highest BCUT2D eigenvalue weighted by Gasteiger charge is 2.32. The first-order valence-corrected chi connectivity index (χ1v) is 13.0. The Labute approximate surface area is 207 Å². The Morgan fingerprint density at radius 1 is 0.941 bits per heavy atom. The zero-order valence-corrected chi connectivity index (χ0v) is 20.9. The Morgan fingerprint density at radius 3 is 2.29 bits per heavy atom. The summed E-state index contributed by atoms with van der Waals surface area (Å²) in [5.41, 5.74) is 2.26. The van der Waals surface area contributed by atoms with Crippen molar-refractivity contribution in [2.24, 2.45) is 0 Å². The number of halogens is 1. The molecule has 0 radical (unpaired) electrons. The molecule has 4 rings (SSSR count). The second-order valence-corrected chi connectivity index (χ2v) is 10.1. The average Bonchev–Trinajstić information content (AvgIpc) is 2.94. The molecule has 0 spiro atoms. The standard InChI is InChI=1S/C27H27ClN2O3S/c1-3-15-29(16-4-2)26(31)20-11-14-25-23(17-20)30(18-19-9-12-21(28)13-10-19)27(32)22-7-5-6-8-24(22)34(25)33/h5-14,17H,3-4,15-16,18H2,1-2H3/t34-/m1/s1. The summed E-state index contributed by atoms with van der Waals surface area (Å²) in [7, 11) is -1.56. The molecular weight excluding hydrogens is 468 g/mol. The van der Waals surface area contributed by atoms with Gasteiger partial charge in [-0.25, -0.2) is 4.21 Å². The highest BCUT2D eigenvalue weighted by atomic mass is 35.5. The largest absolute Gasteiger partial charge is 0.339 e. The molecule has 2 amide bonds. The van der Waals surface area contributed by atoms with Crippen LogP contribution in [0.2, 0.25) is 5.02 Å². The van der Waals surface area contributed by atoms with Gasteiger partial charge in [-0.3, -0.25) is 9.59 Å². The molecule has 0 N–H and O–H groups in total. The first-order valence-electron chi connectivity index (χ1n) is 11.4. The summed E-state index contributed by atoms with van der Waals surface area (Å²) in [6.07, 6.45) is 1.72. The molecule has 1 aliphatic heterocycles. The van der Waals surface area contributed by atoms with Crippen molar-refractivity contribution in [3.05, 3.63) is 88.4 Å². The Bertz CT molecular complexity index is 1240.